The molecule has 0 heterocycles. The number of benzene rings is 4. The molecule has 0 aliphatic carbocycles. The summed E-state index contributed by atoms with van der Waals surface area (Å²) in [4.78, 5) is 11.5. The lowest BCUT2D eigenvalue weighted by molar-refractivity contribution is 0.0696. The lowest BCUT2D eigenvalue weighted by Crippen LogP contribution is -2.08. The second-order valence-corrected chi connectivity index (χ2v) is 8.27. The number of hydrogen-bond acceptors (Lipinski definition) is 3. The number of nitrogens with one attached hydrogen (secondary N) is 1. The number of fused-ring (bicyclic) bond motifs is 1. The predicted octanol–water partition coefficient (Wildman–Crippen LogP) is 7.34. The van der Waals surface area contributed by atoms with Gasteiger partial charge in [0.05, 0.1) is 5.56 Å². The molecule has 32 heavy (non-hydrogen) atoms. The highest BCUT2D eigenvalue weighted by Gasteiger charge is 2.13. The fourth-order valence-corrected chi connectivity index (χ4v) is 4.13. The minimum atomic E-state index is -0.944. The molecule has 0 unspecified atom stereocenters. The standard InChI is InChI=1S/C26H21Cl2NO3/c1-16-20(26(30)31)7-4-8-24(16)29-14-22-21-6-3-2-5-17(21)10-12-25(22)32-15-18-9-11-19(27)13-23(18)28/h2-13,29H,14-15H2,1H3,(H,30,31). The van der Waals surface area contributed by atoms with Crippen LogP contribution in [-0.2, 0) is 13.2 Å². The molecule has 0 amide bonds. The number of halogens is 2. The lowest BCUT2D eigenvalue weighted by atomic mass is 10.0. The second-order valence-electron chi connectivity index (χ2n) is 7.42. The molecule has 4 rings (SSSR count). The van der Waals surface area contributed by atoms with Crippen molar-refractivity contribution in [2.24, 2.45) is 0 Å². The molecule has 0 radical (unpaired) electrons. The Morgan fingerprint density at radius 3 is 2.59 bits per heavy atom. The number of aromatic carboxylic acids is 1. The van der Waals surface area contributed by atoms with E-state index in [1.165, 1.54) is 0 Å². The van der Waals surface area contributed by atoms with Crippen molar-refractivity contribution in [1.29, 1.82) is 0 Å². The number of rotatable bonds is 7. The van der Waals surface area contributed by atoms with Gasteiger partial charge in [-0.2, -0.15) is 0 Å². The highest BCUT2D eigenvalue weighted by molar-refractivity contribution is 6.35. The maximum atomic E-state index is 11.5. The van der Waals surface area contributed by atoms with Crippen LogP contribution in [0.4, 0.5) is 5.69 Å². The number of ether oxygens (including phenoxy) is 1. The minimum Gasteiger partial charge on any atom is -0.488 e. The van der Waals surface area contributed by atoms with Gasteiger partial charge >= 0.3 is 5.97 Å². The van der Waals surface area contributed by atoms with Gasteiger partial charge in [0.2, 0.25) is 0 Å². The van der Waals surface area contributed by atoms with Crippen LogP contribution >= 0.6 is 23.2 Å². The molecular weight excluding hydrogens is 445 g/mol. The smallest absolute Gasteiger partial charge is 0.336 e. The molecule has 0 saturated carbocycles. The quantitative estimate of drug-likeness (QED) is 0.299. The number of carboxylic acids is 1. The Labute approximate surface area is 196 Å². The molecule has 162 valence electrons. The van der Waals surface area contributed by atoms with Crippen molar-refractivity contribution in [3.05, 3.63) is 105 Å². The summed E-state index contributed by atoms with van der Waals surface area (Å²) in [6.45, 7) is 2.57. The third kappa shape index (κ3) is 4.67. The van der Waals surface area contributed by atoms with Gasteiger partial charge in [-0.3, -0.25) is 0 Å². The summed E-state index contributed by atoms with van der Waals surface area (Å²) >= 11 is 12.3. The van der Waals surface area contributed by atoms with Crippen LogP contribution in [0.5, 0.6) is 5.75 Å². The summed E-state index contributed by atoms with van der Waals surface area (Å²) in [5.41, 5.74) is 3.56. The van der Waals surface area contributed by atoms with Gasteiger partial charge in [-0.25, -0.2) is 4.79 Å². The minimum absolute atomic E-state index is 0.279. The van der Waals surface area contributed by atoms with Gasteiger partial charge in [-0.15, -0.1) is 0 Å². The number of anilines is 1. The summed E-state index contributed by atoms with van der Waals surface area (Å²) in [6.07, 6.45) is 0. The van der Waals surface area contributed by atoms with Crippen LogP contribution in [-0.4, -0.2) is 11.1 Å². The van der Waals surface area contributed by atoms with Gasteiger partial charge in [-0.05, 0) is 53.6 Å². The van der Waals surface area contributed by atoms with Gasteiger partial charge in [0.25, 0.3) is 0 Å². The summed E-state index contributed by atoms with van der Waals surface area (Å²) in [5, 5.41) is 16.1. The van der Waals surface area contributed by atoms with Gasteiger partial charge in [0.1, 0.15) is 12.4 Å². The number of carboxylic acid groups (broad SMARTS) is 1. The van der Waals surface area contributed by atoms with E-state index in [9.17, 15) is 9.90 Å². The Bertz CT molecular complexity index is 1300. The average Bonchev–Trinajstić information content (AvgIpc) is 2.78. The third-order valence-electron chi connectivity index (χ3n) is 5.42. The molecule has 0 aliphatic rings. The molecule has 0 atom stereocenters. The van der Waals surface area contributed by atoms with Crippen LogP contribution in [0.2, 0.25) is 10.0 Å². The topological polar surface area (TPSA) is 58.6 Å². The molecular formula is C26H21Cl2NO3. The zero-order chi connectivity index (χ0) is 22.7. The molecule has 0 bridgehead atoms. The van der Waals surface area contributed by atoms with Crippen molar-refractivity contribution in [2.45, 2.75) is 20.1 Å². The summed E-state index contributed by atoms with van der Waals surface area (Å²) in [5.74, 6) is -0.213. The zero-order valence-electron chi connectivity index (χ0n) is 17.4. The van der Waals surface area contributed by atoms with E-state index in [0.29, 0.717) is 28.8 Å². The molecule has 0 aromatic heterocycles. The Kier molecular flexibility index (Phi) is 6.54. The zero-order valence-corrected chi connectivity index (χ0v) is 18.9. The summed E-state index contributed by atoms with van der Waals surface area (Å²) in [6, 6.07) is 22.6. The van der Waals surface area contributed by atoms with E-state index in [1.807, 2.05) is 36.4 Å². The lowest BCUT2D eigenvalue weighted by Gasteiger charge is -2.17. The Morgan fingerprint density at radius 2 is 1.81 bits per heavy atom. The molecule has 0 aliphatic heterocycles. The van der Waals surface area contributed by atoms with Crippen LogP contribution in [0.3, 0.4) is 0 Å². The molecule has 4 nitrogen and oxygen atoms in total. The highest BCUT2D eigenvalue weighted by atomic mass is 35.5. The van der Waals surface area contributed by atoms with Crippen LogP contribution < -0.4 is 10.1 Å². The number of carbonyl (C=O) groups is 1. The van der Waals surface area contributed by atoms with Crippen LogP contribution in [0.25, 0.3) is 10.8 Å². The Morgan fingerprint density at radius 1 is 1.00 bits per heavy atom. The van der Waals surface area contributed by atoms with Crippen molar-refractivity contribution in [2.75, 3.05) is 5.32 Å². The molecule has 6 heteroatoms. The van der Waals surface area contributed by atoms with Gasteiger partial charge < -0.3 is 15.2 Å². The van der Waals surface area contributed by atoms with Crippen molar-refractivity contribution in [3.63, 3.8) is 0 Å². The first kappa shape index (κ1) is 22.0. The monoisotopic (exact) mass is 465 g/mol. The normalized spacial score (nSPS) is 10.8. The Balaban J connectivity index is 1.65. The largest absolute Gasteiger partial charge is 0.488 e. The molecule has 4 aromatic carbocycles. The molecule has 0 saturated heterocycles. The van der Waals surface area contributed by atoms with Gasteiger partial charge in [-0.1, -0.05) is 65.7 Å². The van der Waals surface area contributed by atoms with Crippen molar-refractivity contribution >= 4 is 45.6 Å². The van der Waals surface area contributed by atoms with Gasteiger partial charge in [0, 0.05) is 33.4 Å². The van der Waals surface area contributed by atoms with Crippen molar-refractivity contribution < 1.29 is 14.6 Å². The second kappa shape index (κ2) is 9.51. The average molecular weight is 466 g/mol. The first-order valence-corrected chi connectivity index (χ1v) is 10.8. The highest BCUT2D eigenvalue weighted by Crippen LogP contribution is 2.31. The maximum Gasteiger partial charge on any atom is 0.336 e. The van der Waals surface area contributed by atoms with E-state index in [-0.39, 0.29) is 5.56 Å². The first-order chi connectivity index (χ1) is 15.4. The molecule has 2 N–H and O–H groups in total. The van der Waals surface area contributed by atoms with Crippen LogP contribution in [0, 0.1) is 6.92 Å². The van der Waals surface area contributed by atoms with E-state index in [2.05, 4.69) is 17.4 Å². The SMILES string of the molecule is Cc1c(NCc2c(OCc3ccc(Cl)cc3Cl)ccc3ccccc23)cccc1C(=O)O. The van der Waals surface area contributed by atoms with E-state index >= 15 is 0 Å². The fourth-order valence-electron chi connectivity index (χ4n) is 3.67. The van der Waals surface area contributed by atoms with Crippen molar-refractivity contribution in [1.82, 2.24) is 0 Å². The predicted molar refractivity (Wildman–Crippen MR) is 130 cm³/mol. The maximum absolute atomic E-state index is 11.5. The number of hydrogen-bond donors (Lipinski definition) is 2. The molecule has 4 aromatic rings. The summed E-state index contributed by atoms with van der Waals surface area (Å²) < 4.78 is 6.17. The van der Waals surface area contributed by atoms with Gasteiger partial charge in [0.15, 0.2) is 0 Å². The molecule has 0 spiro atoms. The van der Waals surface area contributed by atoms with E-state index in [4.69, 9.17) is 27.9 Å². The fraction of sp³-hybridized carbons (Fsp3) is 0.115. The molecule has 0 fully saturated rings. The van der Waals surface area contributed by atoms with Crippen LogP contribution in [0.1, 0.15) is 27.0 Å². The Hall–Kier alpha value is -3.21. The van der Waals surface area contributed by atoms with E-state index in [1.54, 1.807) is 31.2 Å². The van der Waals surface area contributed by atoms with Crippen molar-refractivity contribution in [3.8, 4) is 5.75 Å². The van der Waals surface area contributed by atoms with Crippen LogP contribution in [0.15, 0.2) is 72.8 Å². The third-order valence-corrected chi connectivity index (χ3v) is 6.00. The summed E-state index contributed by atoms with van der Waals surface area (Å²) in [7, 11) is 0. The van der Waals surface area contributed by atoms with E-state index in [0.717, 1.165) is 33.3 Å². The first-order valence-electron chi connectivity index (χ1n) is 10.1. The van der Waals surface area contributed by atoms with E-state index < -0.39 is 5.97 Å².